The number of aromatic nitrogens is 1. The lowest BCUT2D eigenvalue weighted by Crippen LogP contribution is -2.38. The average Bonchev–Trinajstić information content (AvgIpc) is 3.27. The number of nitrogens with zero attached hydrogens (tertiary/aromatic N) is 3. The number of halogens is 1. The van der Waals surface area contributed by atoms with E-state index in [1.807, 2.05) is 43.3 Å². The van der Waals surface area contributed by atoms with Gasteiger partial charge in [0.2, 0.25) is 0 Å². The Morgan fingerprint density at radius 1 is 1.18 bits per heavy atom. The van der Waals surface area contributed by atoms with Gasteiger partial charge in [-0.25, -0.2) is 4.99 Å². The van der Waals surface area contributed by atoms with Gasteiger partial charge in [0.1, 0.15) is 0 Å². The molecule has 0 fully saturated rings. The van der Waals surface area contributed by atoms with Crippen LogP contribution in [0.1, 0.15) is 41.6 Å². The van der Waals surface area contributed by atoms with Crippen LogP contribution in [0.5, 0.6) is 11.5 Å². The van der Waals surface area contributed by atoms with Crippen LogP contribution in [-0.4, -0.2) is 23.2 Å². The van der Waals surface area contributed by atoms with E-state index in [2.05, 4.69) is 28.1 Å². The van der Waals surface area contributed by atoms with Crippen molar-refractivity contribution in [1.82, 2.24) is 4.57 Å². The lowest BCUT2D eigenvalue weighted by atomic mass is 9.83. The smallest absolute Gasteiger partial charge is 0.271 e. The zero-order chi connectivity index (χ0) is 28.0. The van der Waals surface area contributed by atoms with Crippen LogP contribution in [0.3, 0.4) is 0 Å². The van der Waals surface area contributed by atoms with Crippen LogP contribution in [0, 0.1) is 10.1 Å². The van der Waals surface area contributed by atoms with Crippen molar-refractivity contribution >= 4 is 44.7 Å². The summed E-state index contributed by atoms with van der Waals surface area (Å²) in [7, 11) is 1.57. The van der Waals surface area contributed by atoms with Gasteiger partial charge in [-0.15, -0.1) is 0 Å². The van der Waals surface area contributed by atoms with Crippen molar-refractivity contribution < 1.29 is 14.4 Å². The van der Waals surface area contributed by atoms with E-state index in [9.17, 15) is 14.9 Å². The second-order valence-electron chi connectivity index (χ2n) is 9.43. The summed E-state index contributed by atoms with van der Waals surface area (Å²) in [6.45, 7) is 2.38. The molecule has 4 aromatic rings. The van der Waals surface area contributed by atoms with E-state index in [1.165, 1.54) is 23.0 Å². The maximum absolute atomic E-state index is 14.0. The fourth-order valence-electron chi connectivity index (χ4n) is 5.39. The van der Waals surface area contributed by atoms with Gasteiger partial charge in [-0.3, -0.25) is 19.5 Å². The van der Waals surface area contributed by atoms with Crippen LogP contribution in [0.25, 0.3) is 11.8 Å². The highest BCUT2D eigenvalue weighted by atomic mass is 79.9. The Hall–Kier alpha value is -4.02. The molecule has 0 radical (unpaired) electrons. The molecule has 3 aromatic carbocycles. The van der Waals surface area contributed by atoms with Gasteiger partial charge in [-0.1, -0.05) is 47.7 Å². The molecule has 0 bridgehead atoms. The van der Waals surface area contributed by atoms with Gasteiger partial charge in [0, 0.05) is 17.7 Å². The van der Waals surface area contributed by atoms with Crippen molar-refractivity contribution in [2.45, 2.75) is 25.8 Å². The number of nitro benzene ring substituents is 1. The Kier molecular flexibility index (Phi) is 6.89. The molecule has 40 heavy (non-hydrogen) atoms. The standard InChI is InChI=1S/C30H24BrN3O5S/c1-3-39-28-23(31)13-17(14-24(28)38-2)15-25-29(35)33-27(19-8-6-9-20(16-19)34(36)37)22-12-11-18-7-4-5-10-21(18)26(22)32-30(33)40-25/h4-10,13-16,27H,3,11-12H2,1-2H3/b25-15+/t27-/m0/s1. The SMILES string of the molecule is CCOc1c(Br)cc(/C=c2/sc3n(c2=O)[C@@H](c2cccc([N+](=O)[O-])c2)C2=C(N=3)c3ccccc3CC2)cc1OC. The quantitative estimate of drug-likeness (QED) is 0.213. The summed E-state index contributed by atoms with van der Waals surface area (Å²) in [5.41, 5.74) is 5.31. The fraction of sp³-hybridized carbons (Fsp3) is 0.200. The first kappa shape index (κ1) is 26.2. The second kappa shape index (κ2) is 10.5. The number of fused-ring (bicyclic) bond motifs is 3. The molecule has 0 saturated carbocycles. The van der Waals surface area contributed by atoms with Gasteiger partial charge >= 0.3 is 0 Å². The summed E-state index contributed by atoms with van der Waals surface area (Å²) in [5, 5.41) is 11.6. The van der Waals surface area contributed by atoms with Crippen molar-refractivity contribution in [3.8, 4) is 11.5 Å². The van der Waals surface area contributed by atoms with Crippen molar-refractivity contribution in [3.63, 3.8) is 0 Å². The van der Waals surface area contributed by atoms with Crippen molar-refractivity contribution in [2.75, 3.05) is 13.7 Å². The van der Waals surface area contributed by atoms with Gasteiger partial charge in [-0.2, -0.15) is 0 Å². The summed E-state index contributed by atoms with van der Waals surface area (Å²) < 4.78 is 14.1. The van der Waals surface area contributed by atoms with Crippen LogP contribution in [0.2, 0.25) is 0 Å². The number of hydrogen-bond donors (Lipinski definition) is 0. The molecule has 0 N–H and O–H groups in total. The first-order valence-corrected chi connectivity index (χ1v) is 14.4. The number of thiazole rings is 1. The summed E-state index contributed by atoms with van der Waals surface area (Å²) >= 11 is 4.86. The van der Waals surface area contributed by atoms with Crippen molar-refractivity contribution in [2.24, 2.45) is 4.99 Å². The van der Waals surface area contributed by atoms with E-state index in [-0.39, 0.29) is 11.2 Å². The van der Waals surface area contributed by atoms with Crippen LogP contribution < -0.4 is 24.4 Å². The normalized spacial score (nSPS) is 16.1. The molecule has 8 nitrogen and oxygen atoms in total. The van der Waals surface area contributed by atoms with E-state index < -0.39 is 11.0 Å². The third-order valence-electron chi connectivity index (χ3n) is 7.11. The Balaban J connectivity index is 1.59. The first-order valence-electron chi connectivity index (χ1n) is 12.8. The number of rotatable bonds is 6. The number of allylic oxidation sites excluding steroid dienone is 1. The summed E-state index contributed by atoms with van der Waals surface area (Å²) in [6.07, 6.45) is 3.32. The summed E-state index contributed by atoms with van der Waals surface area (Å²) in [6, 6.07) is 17.9. The molecule has 0 saturated heterocycles. The third kappa shape index (κ3) is 4.47. The summed E-state index contributed by atoms with van der Waals surface area (Å²) in [4.78, 5) is 30.8. The molecule has 2 heterocycles. The highest BCUT2D eigenvalue weighted by Crippen LogP contribution is 2.42. The number of non-ortho nitro benzene ring substituents is 1. The van der Waals surface area contributed by atoms with Gasteiger partial charge < -0.3 is 9.47 Å². The maximum atomic E-state index is 14.0. The monoisotopic (exact) mass is 617 g/mol. The highest BCUT2D eigenvalue weighted by Gasteiger charge is 2.33. The van der Waals surface area contributed by atoms with Crippen molar-refractivity contribution in [3.05, 3.63) is 123 Å². The Morgan fingerprint density at radius 2 is 2.00 bits per heavy atom. The van der Waals surface area contributed by atoms with Gasteiger partial charge in [-0.05, 0) is 76.2 Å². The average molecular weight is 619 g/mol. The minimum atomic E-state index is -0.497. The minimum absolute atomic E-state index is 0.0127. The molecular weight excluding hydrogens is 594 g/mol. The topological polar surface area (TPSA) is 96.0 Å². The fourth-order valence-corrected chi connectivity index (χ4v) is 6.96. The Bertz CT molecular complexity index is 1890. The Labute approximate surface area is 241 Å². The van der Waals surface area contributed by atoms with Crippen molar-refractivity contribution in [1.29, 1.82) is 0 Å². The molecule has 0 unspecified atom stereocenters. The molecule has 202 valence electrons. The molecule has 0 spiro atoms. The molecule has 6 rings (SSSR count). The molecule has 1 aliphatic heterocycles. The zero-order valence-corrected chi connectivity index (χ0v) is 24.1. The van der Waals surface area contributed by atoms with Crippen LogP contribution >= 0.6 is 27.3 Å². The number of benzene rings is 3. The Morgan fingerprint density at radius 3 is 2.77 bits per heavy atom. The zero-order valence-electron chi connectivity index (χ0n) is 21.7. The van der Waals surface area contributed by atoms with Gasteiger partial charge in [0.15, 0.2) is 16.3 Å². The van der Waals surface area contributed by atoms with Gasteiger partial charge in [0.25, 0.3) is 11.2 Å². The highest BCUT2D eigenvalue weighted by molar-refractivity contribution is 9.10. The molecular formula is C30H24BrN3O5S. The maximum Gasteiger partial charge on any atom is 0.271 e. The van der Waals surface area contributed by atoms with E-state index in [1.54, 1.807) is 23.8 Å². The van der Waals surface area contributed by atoms with Crippen LogP contribution in [0.4, 0.5) is 5.69 Å². The molecule has 1 atom stereocenters. The number of aryl methyl sites for hydroxylation is 1. The van der Waals surface area contributed by atoms with Crippen LogP contribution in [0.15, 0.2) is 80.5 Å². The lowest BCUT2D eigenvalue weighted by molar-refractivity contribution is -0.384. The van der Waals surface area contributed by atoms with Crippen LogP contribution in [-0.2, 0) is 6.42 Å². The minimum Gasteiger partial charge on any atom is -0.493 e. The third-order valence-corrected chi connectivity index (χ3v) is 8.68. The predicted octanol–water partition coefficient (Wildman–Crippen LogP) is 5.40. The number of ether oxygens (including phenoxy) is 2. The number of hydrogen-bond acceptors (Lipinski definition) is 7. The van der Waals surface area contributed by atoms with E-state index >= 15 is 0 Å². The number of methoxy groups -OCH3 is 1. The predicted molar refractivity (Wildman–Crippen MR) is 158 cm³/mol. The summed E-state index contributed by atoms with van der Waals surface area (Å²) in [5.74, 6) is 1.15. The van der Waals surface area contributed by atoms with E-state index in [0.29, 0.717) is 43.9 Å². The second-order valence-corrected chi connectivity index (χ2v) is 11.3. The largest absolute Gasteiger partial charge is 0.493 e. The van der Waals surface area contributed by atoms with Gasteiger partial charge in [0.05, 0.1) is 39.4 Å². The first-order chi connectivity index (χ1) is 19.4. The molecule has 10 heteroatoms. The lowest BCUT2D eigenvalue weighted by Gasteiger charge is -2.30. The molecule has 1 aromatic heterocycles. The molecule has 1 aliphatic carbocycles. The number of nitro groups is 1. The van der Waals surface area contributed by atoms with E-state index in [0.717, 1.165) is 28.8 Å². The molecule has 2 aliphatic rings. The van der Waals surface area contributed by atoms with E-state index in [4.69, 9.17) is 14.5 Å². The molecule has 0 amide bonds.